The molecular weight excluding hydrogens is 182 g/mol. The molecule has 2 N–H and O–H groups in total. The standard InChI is InChI=1S/C10H15NO3/c1-7(5-6-12)11-10(13)9-4-3-8(2)14-9/h3-4,7,12H,5-6H2,1-2H3,(H,11,13). The number of nitrogens with one attached hydrogen (secondary N) is 1. The maximum atomic E-state index is 11.5. The Morgan fingerprint density at radius 1 is 1.64 bits per heavy atom. The van der Waals surface area contributed by atoms with Gasteiger partial charge in [-0.2, -0.15) is 0 Å². The molecule has 0 aromatic carbocycles. The first-order chi connectivity index (χ1) is 6.63. The molecule has 1 aromatic rings. The SMILES string of the molecule is Cc1ccc(C(=O)NC(C)CCO)o1. The van der Waals surface area contributed by atoms with E-state index >= 15 is 0 Å². The van der Waals surface area contributed by atoms with Gasteiger partial charge in [0.05, 0.1) is 0 Å². The predicted molar refractivity (Wildman–Crippen MR) is 52.1 cm³/mol. The Hall–Kier alpha value is -1.29. The van der Waals surface area contributed by atoms with E-state index in [1.165, 1.54) is 0 Å². The Bertz CT molecular complexity index is 306. The van der Waals surface area contributed by atoms with Crippen molar-refractivity contribution in [2.45, 2.75) is 26.3 Å². The molecule has 1 rings (SSSR count). The first-order valence-electron chi connectivity index (χ1n) is 4.61. The second kappa shape index (κ2) is 4.81. The summed E-state index contributed by atoms with van der Waals surface area (Å²) in [4.78, 5) is 11.5. The molecule has 4 nitrogen and oxygen atoms in total. The van der Waals surface area contributed by atoms with Gasteiger partial charge in [-0.3, -0.25) is 4.79 Å². The quantitative estimate of drug-likeness (QED) is 0.759. The van der Waals surface area contributed by atoms with Crippen molar-refractivity contribution in [1.82, 2.24) is 5.32 Å². The van der Waals surface area contributed by atoms with Gasteiger partial charge in [-0.25, -0.2) is 0 Å². The fourth-order valence-electron chi connectivity index (χ4n) is 1.12. The Labute approximate surface area is 82.9 Å². The number of aliphatic hydroxyl groups is 1. The van der Waals surface area contributed by atoms with Crippen molar-refractivity contribution in [1.29, 1.82) is 0 Å². The molecule has 0 saturated carbocycles. The molecule has 0 aliphatic heterocycles. The van der Waals surface area contributed by atoms with Crippen LogP contribution in [0.4, 0.5) is 0 Å². The zero-order valence-corrected chi connectivity index (χ0v) is 8.41. The van der Waals surface area contributed by atoms with Crippen LogP contribution in [0.1, 0.15) is 29.7 Å². The molecule has 0 aliphatic carbocycles. The van der Waals surface area contributed by atoms with E-state index in [0.717, 1.165) is 0 Å². The zero-order valence-electron chi connectivity index (χ0n) is 8.41. The predicted octanol–water partition coefficient (Wildman–Crippen LogP) is 1.09. The molecule has 4 heteroatoms. The largest absolute Gasteiger partial charge is 0.456 e. The number of amides is 1. The third-order valence-electron chi connectivity index (χ3n) is 1.90. The molecule has 1 heterocycles. The van der Waals surface area contributed by atoms with Crippen molar-refractivity contribution in [3.63, 3.8) is 0 Å². The zero-order chi connectivity index (χ0) is 10.6. The molecule has 1 unspecified atom stereocenters. The number of carbonyl (C=O) groups excluding carboxylic acids is 1. The fraction of sp³-hybridized carbons (Fsp3) is 0.500. The van der Waals surface area contributed by atoms with E-state index in [1.54, 1.807) is 19.1 Å². The van der Waals surface area contributed by atoms with E-state index in [0.29, 0.717) is 17.9 Å². The summed E-state index contributed by atoms with van der Waals surface area (Å²) >= 11 is 0. The van der Waals surface area contributed by atoms with Crippen LogP contribution in [0, 0.1) is 6.92 Å². The van der Waals surface area contributed by atoms with Crippen molar-refractivity contribution in [2.24, 2.45) is 0 Å². The van der Waals surface area contributed by atoms with E-state index in [1.807, 2.05) is 6.92 Å². The summed E-state index contributed by atoms with van der Waals surface area (Å²) in [5.74, 6) is 0.788. The van der Waals surface area contributed by atoms with Crippen LogP contribution in [0.3, 0.4) is 0 Å². The minimum atomic E-state index is -0.237. The van der Waals surface area contributed by atoms with Gasteiger partial charge in [0.25, 0.3) is 5.91 Å². The number of aryl methyl sites for hydroxylation is 1. The lowest BCUT2D eigenvalue weighted by Gasteiger charge is -2.10. The van der Waals surface area contributed by atoms with Crippen molar-refractivity contribution in [3.8, 4) is 0 Å². The molecule has 0 radical (unpaired) electrons. The van der Waals surface area contributed by atoms with Crippen LogP contribution in [-0.4, -0.2) is 23.7 Å². The minimum Gasteiger partial charge on any atom is -0.456 e. The maximum absolute atomic E-state index is 11.5. The lowest BCUT2D eigenvalue weighted by Crippen LogP contribution is -2.32. The van der Waals surface area contributed by atoms with E-state index in [4.69, 9.17) is 9.52 Å². The van der Waals surface area contributed by atoms with Crippen LogP contribution in [0.5, 0.6) is 0 Å². The van der Waals surface area contributed by atoms with Crippen molar-refractivity contribution >= 4 is 5.91 Å². The third-order valence-corrected chi connectivity index (χ3v) is 1.90. The van der Waals surface area contributed by atoms with Crippen LogP contribution in [0.25, 0.3) is 0 Å². The molecule has 1 aromatic heterocycles. The molecule has 0 bridgehead atoms. The van der Waals surface area contributed by atoms with Crippen LogP contribution < -0.4 is 5.32 Å². The van der Waals surface area contributed by atoms with Gasteiger partial charge in [0.2, 0.25) is 0 Å². The molecule has 1 atom stereocenters. The highest BCUT2D eigenvalue weighted by atomic mass is 16.3. The van der Waals surface area contributed by atoms with Gasteiger partial charge < -0.3 is 14.8 Å². The van der Waals surface area contributed by atoms with Crippen LogP contribution in [-0.2, 0) is 0 Å². The number of carbonyl (C=O) groups is 1. The summed E-state index contributed by atoms with van der Waals surface area (Å²) in [6, 6.07) is 3.33. The second-order valence-corrected chi connectivity index (χ2v) is 3.30. The van der Waals surface area contributed by atoms with E-state index in [-0.39, 0.29) is 18.6 Å². The van der Waals surface area contributed by atoms with E-state index < -0.39 is 0 Å². The van der Waals surface area contributed by atoms with Gasteiger partial charge in [-0.1, -0.05) is 0 Å². The Morgan fingerprint density at radius 2 is 2.36 bits per heavy atom. The monoisotopic (exact) mass is 197 g/mol. The fourth-order valence-corrected chi connectivity index (χ4v) is 1.12. The highest BCUT2D eigenvalue weighted by molar-refractivity contribution is 5.91. The average molecular weight is 197 g/mol. The highest BCUT2D eigenvalue weighted by Gasteiger charge is 2.12. The lowest BCUT2D eigenvalue weighted by molar-refractivity contribution is 0.0905. The van der Waals surface area contributed by atoms with Crippen LogP contribution in [0.2, 0.25) is 0 Å². The normalized spacial score (nSPS) is 12.5. The lowest BCUT2D eigenvalue weighted by atomic mass is 10.2. The van der Waals surface area contributed by atoms with Gasteiger partial charge in [-0.05, 0) is 32.4 Å². The summed E-state index contributed by atoms with van der Waals surface area (Å²) in [6.07, 6.45) is 0.547. The van der Waals surface area contributed by atoms with Gasteiger partial charge in [-0.15, -0.1) is 0 Å². The molecule has 0 spiro atoms. The maximum Gasteiger partial charge on any atom is 0.287 e. The van der Waals surface area contributed by atoms with Crippen molar-refractivity contribution < 1.29 is 14.3 Å². The first kappa shape index (κ1) is 10.8. The molecule has 1 amide bonds. The molecule has 0 fully saturated rings. The molecule has 78 valence electrons. The summed E-state index contributed by atoms with van der Waals surface area (Å²) in [5.41, 5.74) is 0. The van der Waals surface area contributed by atoms with Crippen molar-refractivity contribution in [3.05, 3.63) is 23.7 Å². The van der Waals surface area contributed by atoms with E-state index in [2.05, 4.69) is 5.32 Å². The summed E-state index contributed by atoms with van der Waals surface area (Å²) < 4.78 is 5.15. The third kappa shape index (κ3) is 2.88. The number of furan rings is 1. The first-order valence-corrected chi connectivity index (χ1v) is 4.61. The highest BCUT2D eigenvalue weighted by Crippen LogP contribution is 2.06. The number of aliphatic hydroxyl groups excluding tert-OH is 1. The topological polar surface area (TPSA) is 62.5 Å². The van der Waals surface area contributed by atoms with Crippen LogP contribution >= 0.6 is 0 Å². The van der Waals surface area contributed by atoms with Gasteiger partial charge in [0, 0.05) is 12.6 Å². The number of rotatable bonds is 4. The average Bonchev–Trinajstić information content (AvgIpc) is 2.52. The summed E-state index contributed by atoms with van der Waals surface area (Å²) in [7, 11) is 0. The molecular formula is C10H15NO3. The van der Waals surface area contributed by atoms with Gasteiger partial charge >= 0.3 is 0 Å². The number of hydrogen-bond acceptors (Lipinski definition) is 3. The van der Waals surface area contributed by atoms with Gasteiger partial charge in [0.15, 0.2) is 5.76 Å². The Kier molecular flexibility index (Phi) is 3.71. The minimum absolute atomic E-state index is 0.0436. The molecule has 0 saturated heterocycles. The Morgan fingerprint density at radius 3 is 2.86 bits per heavy atom. The van der Waals surface area contributed by atoms with Crippen molar-refractivity contribution in [2.75, 3.05) is 6.61 Å². The molecule has 0 aliphatic rings. The van der Waals surface area contributed by atoms with E-state index in [9.17, 15) is 4.79 Å². The smallest absolute Gasteiger partial charge is 0.287 e. The number of hydrogen-bond donors (Lipinski definition) is 2. The molecule has 14 heavy (non-hydrogen) atoms. The Balaban J connectivity index is 2.50. The van der Waals surface area contributed by atoms with Crippen LogP contribution in [0.15, 0.2) is 16.5 Å². The summed E-state index contributed by atoms with van der Waals surface area (Å²) in [5, 5.41) is 11.4. The van der Waals surface area contributed by atoms with Gasteiger partial charge in [0.1, 0.15) is 5.76 Å². The second-order valence-electron chi connectivity index (χ2n) is 3.30. The summed E-state index contributed by atoms with van der Waals surface area (Å²) in [6.45, 7) is 3.69.